The second kappa shape index (κ2) is 11.3. The summed E-state index contributed by atoms with van der Waals surface area (Å²) in [7, 11) is 1.86. The van der Waals surface area contributed by atoms with Gasteiger partial charge in [-0.3, -0.25) is 14.8 Å². The maximum Gasteiger partial charge on any atom is 0.258 e. The van der Waals surface area contributed by atoms with Crippen molar-refractivity contribution in [1.82, 2.24) is 15.1 Å². The Morgan fingerprint density at radius 2 is 1.79 bits per heavy atom. The van der Waals surface area contributed by atoms with Gasteiger partial charge in [0, 0.05) is 23.9 Å². The number of para-hydroxylation sites is 1. The van der Waals surface area contributed by atoms with E-state index in [1.165, 1.54) is 6.07 Å². The third kappa shape index (κ3) is 5.92. The number of benzene rings is 2. The molecule has 0 aliphatic rings. The molecule has 0 radical (unpaired) electrons. The second-order valence-corrected chi connectivity index (χ2v) is 7.52. The molecule has 2 N–H and O–H groups in total. The van der Waals surface area contributed by atoms with Crippen molar-refractivity contribution in [2.75, 3.05) is 18.5 Å². The molecule has 0 aliphatic heterocycles. The molecule has 34 heavy (non-hydrogen) atoms. The van der Waals surface area contributed by atoms with Crippen molar-refractivity contribution < 1.29 is 18.7 Å². The van der Waals surface area contributed by atoms with Gasteiger partial charge in [0.1, 0.15) is 5.82 Å². The Morgan fingerprint density at radius 1 is 1.09 bits per heavy atom. The number of hydrogen-bond acceptors (Lipinski definition) is 5. The first kappa shape index (κ1) is 24.8. The third-order valence-electron chi connectivity index (χ3n) is 5.22. The fourth-order valence-electron chi connectivity index (χ4n) is 3.38. The van der Waals surface area contributed by atoms with Crippen molar-refractivity contribution >= 4 is 17.6 Å². The van der Waals surface area contributed by atoms with E-state index in [1.807, 2.05) is 34.7 Å². The molecule has 2 aromatic carbocycles. The number of ether oxygens (including phenoxy) is 2. The molecule has 1 heterocycles. The van der Waals surface area contributed by atoms with Gasteiger partial charge in [-0.15, -0.1) is 0 Å². The first-order valence-electron chi connectivity index (χ1n) is 11.1. The van der Waals surface area contributed by atoms with Crippen molar-refractivity contribution in [2.24, 2.45) is 12.0 Å². The summed E-state index contributed by atoms with van der Waals surface area (Å²) in [4.78, 5) is 17.6. The van der Waals surface area contributed by atoms with Crippen LogP contribution in [0.2, 0.25) is 0 Å². The Labute approximate surface area is 198 Å². The van der Waals surface area contributed by atoms with Crippen LogP contribution in [0.1, 0.15) is 41.2 Å². The SMILES string of the molecule is CCOc1ccc(C(=O)NC(=NCc2c(C)nn(C)c2C)Nc2ccccc2F)cc1OCC. The van der Waals surface area contributed by atoms with Crippen molar-refractivity contribution in [2.45, 2.75) is 34.2 Å². The van der Waals surface area contributed by atoms with Gasteiger partial charge in [-0.2, -0.15) is 5.10 Å². The number of aromatic nitrogens is 2. The van der Waals surface area contributed by atoms with Crippen LogP contribution in [0, 0.1) is 19.7 Å². The lowest BCUT2D eigenvalue weighted by molar-refractivity contribution is 0.0976. The number of nitrogens with one attached hydrogen (secondary N) is 2. The smallest absolute Gasteiger partial charge is 0.258 e. The Bertz CT molecular complexity index is 1190. The highest BCUT2D eigenvalue weighted by molar-refractivity contribution is 6.10. The van der Waals surface area contributed by atoms with E-state index in [0.29, 0.717) is 30.3 Å². The van der Waals surface area contributed by atoms with Crippen LogP contribution in [0.3, 0.4) is 0 Å². The lowest BCUT2D eigenvalue weighted by atomic mass is 10.2. The number of aryl methyl sites for hydroxylation is 2. The van der Waals surface area contributed by atoms with Gasteiger partial charge in [0.15, 0.2) is 11.5 Å². The number of carbonyl (C=O) groups is 1. The number of carbonyl (C=O) groups excluding carboxylic acids is 1. The minimum atomic E-state index is -0.460. The molecular formula is C25H30FN5O3. The van der Waals surface area contributed by atoms with Gasteiger partial charge in [0.25, 0.3) is 5.91 Å². The van der Waals surface area contributed by atoms with Crippen molar-refractivity contribution in [3.05, 3.63) is 70.8 Å². The van der Waals surface area contributed by atoms with E-state index in [-0.39, 0.29) is 18.2 Å². The standard InChI is InChI=1S/C25H30FN5O3/c1-6-33-22-13-12-18(14-23(22)34-7-2)24(32)29-25(28-21-11-9-8-10-20(21)26)27-15-19-16(3)30-31(5)17(19)4/h8-14H,6-7,15H2,1-5H3,(H2,27,28,29,32). The fourth-order valence-corrected chi connectivity index (χ4v) is 3.38. The first-order chi connectivity index (χ1) is 16.3. The quantitative estimate of drug-likeness (QED) is 0.379. The van der Waals surface area contributed by atoms with E-state index >= 15 is 0 Å². The number of aliphatic imine (C=N–C) groups is 1. The minimum absolute atomic E-state index is 0.115. The van der Waals surface area contributed by atoms with Crippen LogP contribution in [0.15, 0.2) is 47.5 Å². The summed E-state index contributed by atoms with van der Waals surface area (Å²) in [6, 6.07) is 11.1. The Kier molecular flexibility index (Phi) is 8.24. The molecule has 0 saturated heterocycles. The highest BCUT2D eigenvalue weighted by atomic mass is 19.1. The maximum absolute atomic E-state index is 14.3. The Balaban J connectivity index is 1.89. The minimum Gasteiger partial charge on any atom is -0.490 e. The summed E-state index contributed by atoms with van der Waals surface area (Å²) in [5.41, 5.74) is 3.29. The predicted octanol–water partition coefficient (Wildman–Crippen LogP) is 4.37. The predicted molar refractivity (Wildman–Crippen MR) is 130 cm³/mol. The number of guanidine groups is 1. The van der Waals surface area contributed by atoms with E-state index in [4.69, 9.17) is 9.47 Å². The van der Waals surface area contributed by atoms with Crippen molar-refractivity contribution in [1.29, 1.82) is 0 Å². The van der Waals surface area contributed by atoms with Gasteiger partial charge in [-0.05, 0) is 58.0 Å². The van der Waals surface area contributed by atoms with Gasteiger partial charge in [0.2, 0.25) is 5.96 Å². The average molecular weight is 468 g/mol. The maximum atomic E-state index is 14.3. The highest BCUT2D eigenvalue weighted by Gasteiger charge is 2.15. The molecule has 1 aromatic heterocycles. The Hall–Kier alpha value is -3.88. The normalized spacial score (nSPS) is 11.3. The molecule has 0 aliphatic carbocycles. The molecule has 0 unspecified atom stereocenters. The second-order valence-electron chi connectivity index (χ2n) is 7.52. The van der Waals surface area contributed by atoms with E-state index in [9.17, 15) is 9.18 Å². The van der Waals surface area contributed by atoms with Gasteiger partial charge < -0.3 is 14.8 Å². The molecule has 0 fully saturated rings. The molecular weight excluding hydrogens is 437 g/mol. The summed E-state index contributed by atoms with van der Waals surface area (Å²) in [6.07, 6.45) is 0. The fraction of sp³-hybridized carbons (Fsp3) is 0.320. The van der Waals surface area contributed by atoms with Crippen molar-refractivity contribution in [3.63, 3.8) is 0 Å². The van der Waals surface area contributed by atoms with Crippen LogP contribution < -0.4 is 20.1 Å². The molecule has 0 bridgehead atoms. The summed E-state index contributed by atoms with van der Waals surface area (Å²) in [5.74, 6) is 0.259. The number of halogens is 1. The molecule has 0 spiro atoms. The monoisotopic (exact) mass is 467 g/mol. The number of hydrogen-bond donors (Lipinski definition) is 2. The van der Waals surface area contributed by atoms with Crippen LogP contribution in [0.25, 0.3) is 0 Å². The summed E-state index contributed by atoms with van der Waals surface area (Å²) >= 11 is 0. The largest absolute Gasteiger partial charge is 0.490 e. The lowest BCUT2D eigenvalue weighted by Crippen LogP contribution is -2.36. The number of amides is 1. The summed E-state index contributed by atoms with van der Waals surface area (Å²) in [6.45, 7) is 8.74. The zero-order valence-corrected chi connectivity index (χ0v) is 20.1. The van der Waals surface area contributed by atoms with E-state index in [1.54, 1.807) is 41.1 Å². The van der Waals surface area contributed by atoms with Crippen LogP contribution in [0.4, 0.5) is 10.1 Å². The number of rotatable bonds is 8. The van der Waals surface area contributed by atoms with Crippen LogP contribution in [-0.2, 0) is 13.6 Å². The molecule has 0 saturated carbocycles. The van der Waals surface area contributed by atoms with Gasteiger partial charge in [-0.1, -0.05) is 12.1 Å². The van der Waals surface area contributed by atoms with E-state index in [2.05, 4.69) is 20.7 Å². The topological polar surface area (TPSA) is 89.8 Å². The zero-order chi connectivity index (χ0) is 24.7. The molecule has 9 heteroatoms. The third-order valence-corrected chi connectivity index (χ3v) is 5.22. The highest BCUT2D eigenvalue weighted by Crippen LogP contribution is 2.28. The summed E-state index contributed by atoms with van der Waals surface area (Å²) in [5, 5.41) is 10.1. The van der Waals surface area contributed by atoms with Gasteiger partial charge >= 0.3 is 0 Å². The molecule has 0 atom stereocenters. The van der Waals surface area contributed by atoms with Crippen LogP contribution >= 0.6 is 0 Å². The number of anilines is 1. The average Bonchev–Trinajstić information content (AvgIpc) is 3.05. The van der Waals surface area contributed by atoms with Gasteiger partial charge in [0.05, 0.1) is 31.1 Å². The molecule has 180 valence electrons. The van der Waals surface area contributed by atoms with E-state index < -0.39 is 11.7 Å². The van der Waals surface area contributed by atoms with Gasteiger partial charge in [-0.25, -0.2) is 9.38 Å². The molecule has 1 amide bonds. The van der Waals surface area contributed by atoms with E-state index in [0.717, 1.165) is 17.0 Å². The first-order valence-corrected chi connectivity index (χ1v) is 11.1. The Morgan fingerprint density at radius 3 is 2.44 bits per heavy atom. The van der Waals surface area contributed by atoms with Crippen LogP contribution in [0.5, 0.6) is 11.5 Å². The lowest BCUT2D eigenvalue weighted by Gasteiger charge is -2.14. The van der Waals surface area contributed by atoms with Crippen molar-refractivity contribution in [3.8, 4) is 11.5 Å². The molecule has 3 aromatic rings. The zero-order valence-electron chi connectivity index (χ0n) is 20.1. The number of nitrogens with zero attached hydrogens (tertiary/aromatic N) is 3. The van der Waals surface area contributed by atoms with Crippen LogP contribution in [-0.4, -0.2) is 34.9 Å². The molecule has 3 rings (SSSR count). The molecule has 8 nitrogen and oxygen atoms in total. The summed E-state index contributed by atoms with van der Waals surface area (Å²) < 4.78 is 27.2.